The van der Waals surface area contributed by atoms with E-state index in [2.05, 4.69) is 20.8 Å². The maximum absolute atomic E-state index is 12.5. The van der Waals surface area contributed by atoms with Crippen molar-refractivity contribution in [2.45, 2.75) is 25.0 Å². The van der Waals surface area contributed by atoms with Crippen molar-refractivity contribution in [3.8, 4) is 0 Å². The molecule has 2 heterocycles. The van der Waals surface area contributed by atoms with Crippen LogP contribution in [0.25, 0.3) is 0 Å². The minimum Gasteiger partial charge on any atom is -0.338 e. The summed E-state index contributed by atoms with van der Waals surface area (Å²) in [6, 6.07) is 9.35. The first kappa shape index (κ1) is 19.2. The summed E-state index contributed by atoms with van der Waals surface area (Å²) in [5, 5.41) is 15.1. The van der Waals surface area contributed by atoms with Crippen LogP contribution in [0.5, 0.6) is 0 Å². The smallest absolute Gasteiger partial charge is 0.321 e. The van der Waals surface area contributed by atoms with Crippen LogP contribution in [-0.2, 0) is 4.79 Å². The molecule has 9 nitrogen and oxygen atoms in total. The molecule has 0 saturated carbocycles. The van der Waals surface area contributed by atoms with E-state index in [1.54, 1.807) is 14.5 Å². The van der Waals surface area contributed by atoms with E-state index in [1.807, 2.05) is 44.2 Å². The number of urea groups is 1. The van der Waals surface area contributed by atoms with Crippen LogP contribution in [0.1, 0.15) is 19.9 Å². The molecule has 144 valence electrons. The standard InChI is InChI=1S/C17H23N7O2S/c1-13(2)24-17(19-20-21-24)27-12-15(25)22-8-10-23(11-9-22)16(26)18-14-6-4-3-5-7-14/h3-7,13H,8-12H2,1-2H3,(H,18,26). The van der Waals surface area contributed by atoms with Gasteiger partial charge in [0.15, 0.2) is 0 Å². The van der Waals surface area contributed by atoms with Gasteiger partial charge in [-0.2, -0.15) is 0 Å². The first-order chi connectivity index (χ1) is 13.0. The van der Waals surface area contributed by atoms with Crippen molar-refractivity contribution >= 4 is 29.4 Å². The molecular weight excluding hydrogens is 366 g/mol. The van der Waals surface area contributed by atoms with E-state index in [-0.39, 0.29) is 23.7 Å². The summed E-state index contributed by atoms with van der Waals surface area (Å²) in [5.74, 6) is 0.310. The van der Waals surface area contributed by atoms with Gasteiger partial charge < -0.3 is 15.1 Å². The molecule has 0 radical (unpaired) electrons. The molecule has 10 heteroatoms. The Balaban J connectivity index is 1.45. The van der Waals surface area contributed by atoms with Crippen LogP contribution >= 0.6 is 11.8 Å². The fourth-order valence-corrected chi connectivity index (χ4v) is 3.61. The molecule has 3 amide bonds. The lowest BCUT2D eigenvalue weighted by atomic mass is 10.3. The van der Waals surface area contributed by atoms with Crippen molar-refractivity contribution in [3.63, 3.8) is 0 Å². The number of amides is 3. The molecule has 1 aromatic carbocycles. The number of carbonyl (C=O) groups is 2. The number of nitrogens with one attached hydrogen (secondary N) is 1. The number of tetrazole rings is 1. The van der Waals surface area contributed by atoms with Crippen molar-refractivity contribution in [3.05, 3.63) is 30.3 Å². The number of hydrogen-bond donors (Lipinski definition) is 1. The second-order valence-corrected chi connectivity index (χ2v) is 7.39. The third-order valence-corrected chi connectivity index (χ3v) is 5.14. The van der Waals surface area contributed by atoms with Gasteiger partial charge in [0.2, 0.25) is 11.1 Å². The molecule has 1 fully saturated rings. The van der Waals surface area contributed by atoms with Crippen molar-refractivity contribution in [1.82, 2.24) is 30.0 Å². The second kappa shape index (κ2) is 8.85. The maximum atomic E-state index is 12.5. The molecule has 2 aromatic rings. The molecule has 1 N–H and O–H groups in total. The van der Waals surface area contributed by atoms with Gasteiger partial charge in [0.05, 0.1) is 11.8 Å². The monoisotopic (exact) mass is 389 g/mol. The molecular formula is C17H23N7O2S. The molecule has 1 aliphatic rings. The van der Waals surface area contributed by atoms with Gasteiger partial charge in [0.25, 0.3) is 0 Å². The van der Waals surface area contributed by atoms with E-state index >= 15 is 0 Å². The first-order valence-corrected chi connectivity index (χ1v) is 9.82. The number of hydrogen-bond acceptors (Lipinski definition) is 6. The molecule has 1 saturated heterocycles. The summed E-state index contributed by atoms with van der Waals surface area (Å²) < 4.78 is 1.70. The van der Waals surface area contributed by atoms with Crippen LogP contribution in [0.15, 0.2) is 35.5 Å². The molecule has 1 aliphatic heterocycles. The minimum atomic E-state index is -0.140. The zero-order valence-electron chi connectivity index (χ0n) is 15.4. The Morgan fingerprint density at radius 1 is 1.11 bits per heavy atom. The number of rotatable bonds is 5. The Bertz CT molecular complexity index is 773. The first-order valence-electron chi connectivity index (χ1n) is 8.84. The average Bonchev–Trinajstić information content (AvgIpc) is 3.16. The predicted molar refractivity (Wildman–Crippen MR) is 103 cm³/mol. The molecule has 0 unspecified atom stereocenters. The molecule has 27 heavy (non-hydrogen) atoms. The number of piperazine rings is 1. The van der Waals surface area contributed by atoms with Gasteiger partial charge in [-0.25, -0.2) is 9.48 Å². The third kappa shape index (κ3) is 4.97. The van der Waals surface area contributed by atoms with Crippen LogP contribution in [0, 0.1) is 0 Å². The number of para-hydroxylation sites is 1. The maximum Gasteiger partial charge on any atom is 0.321 e. The Kier molecular flexibility index (Phi) is 6.28. The third-order valence-electron chi connectivity index (χ3n) is 4.22. The SMILES string of the molecule is CC(C)n1nnnc1SCC(=O)N1CCN(C(=O)Nc2ccccc2)CC1. The molecule has 0 bridgehead atoms. The summed E-state index contributed by atoms with van der Waals surface area (Å²) >= 11 is 1.34. The largest absolute Gasteiger partial charge is 0.338 e. The van der Waals surface area contributed by atoms with Gasteiger partial charge >= 0.3 is 6.03 Å². The van der Waals surface area contributed by atoms with E-state index in [9.17, 15) is 9.59 Å². The number of anilines is 1. The second-order valence-electron chi connectivity index (χ2n) is 6.45. The Morgan fingerprint density at radius 2 is 1.78 bits per heavy atom. The molecule has 0 atom stereocenters. The highest BCUT2D eigenvalue weighted by Crippen LogP contribution is 2.18. The van der Waals surface area contributed by atoms with Crippen LogP contribution in [0.2, 0.25) is 0 Å². The average molecular weight is 389 g/mol. The number of carbonyl (C=O) groups excluding carboxylic acids is 2. The van der Waals surface area contributed by atoms with Gasteiger partial charge in [-0.05, 0) is 36.4 Å². The highest BCUT2D eigenvalue weighted by molar-refractivity contribution is 7.99. The zero-order valence-corrected chi connectivity index (χ0v) is 16.2. The fraction of sp³-hybridized carbons (Fsp3) is 0.471. The summed E-state index contributed by atoms with van der Waals surface area (Å²) in [6.07, 6.45) is 0. The van der Waals surface area contributed by atoms with E-state index in [4.69, 9.17) is 0 Å². The molecule has 0 spiro atoms. The highest BCUT2D eigenvalue weighted by atomic mass is 32.2. The van der Waals surface area contributed by atoms with Crippen LogP contribution in [0.3, 0.4) is 0 Å². The lowest BCUT2D eigenvalue weighted by Gasteiger charge is -2.34. The predicted octanol–water partition coefficient (Wildman–Crippen LogP) is 1.72. The van der Waals surface area contributed by atoms with Gasteiger partial charge in [-0.3, -0.25) is 4.79 Å². The normalized spacial score (nSPS) is 14.5. The van der Waals surface area contributed by atoms with Crippen molar-refractivity contribution in [2.24, 2.45) is 0 Å². The minimum absolute atomic E-state index is 0.0291. The summed E-state index contributed by atoms with van der Waals surface area (Å²) in [7, 11) is 0. The molecule has 3 rings (SSSR count). The molecule has 0 aliphatic carbocycles. The van der Waals surface area contributed by atoms with Crippen LogP contribution < -0.4 is 5.32 Å². The quantitative estimate of drug-likeness (QED) is 0.782. The lowest BCUT2D eigenvalue weighted by molar-refractivity contribution is -0.129. The van der Waals surface area contributed by atoms with E-state index in [0.717, 1.165) is 5.69 Å². The van der Waals surface area contributed by atoms with Gasteiger partial charge in [0.1, 0.15) is 0 Å². The summed E-state index contributed by atoms with van der Waals surface area (Å²) in [4.78, 5) is 28.3. The van der Waals surface area contributed by atoms with Crippen LogP contribution in [-0.4, -0.2) is 73.9 Å². The highest BCUT2D eigenvalue weighted by Gasteiger charge is 2.24. The number of aromatic nitrogens is 4. The van der Waals surface area contributed by atoms with Crippen LogP contribution in [0.4, 0.5) is 10.5 Å². The fourth-order valence-electron chi connectivity index (χ4n) is 2.71. The van der Waals surface area contributed by atoms with E-state index < -0.39 is 0 Å². The topological polar surface area (TPSA) is 96.2 Å². The Labute approximate surface area is 162 Å². The number of nitrogens with zero attached hydrogens (tertiary/aromatic N) is 6. The van der Waals surface area contributed by atoms with Gasteiger partial charge in [-0.1, -0.05) is 30.0 Å². The van der Waals surface area contributed by atoms with E-state index in [1.165, 1.54) is 11.8 Å². The lowest BCUT2D eigenvalue weighted by Crippen LogP contribution is -2.52. The Morgan fingerprint density at radius 3 is 2.44 bits per heavy atom. The van der Waals surface area contributed by atoms with E-state index in [0.29, 0.717) is 31.3 Å². The van der Waals surface area contributed by atoms with Gasteiger partial charge in [0, 0.05) is 31.9 Å². The number of benzene rings is 1. The molecule has 1 aromatic heterocycles. The van der Waals surface area contributed by atoms with Gasteiger partial charge in [-0.15, -0.1) is 5.10 Å². The Hall–Kier alpha value is -2.62. The van der Waals surface area contributed by atoms with Crippen molar-refractivity contribution < 1.29 is 9.59 Å². The number of thioether (sulfide) groups is 1. The van der Waals surface area contributed by atoms with Crippen molar-refractivity contribution in [1.29, 1.82) is 0 Å². The summed E-state index contributed by atoms with van der Waals surface area (Å²) in [5.41, 5.74) is 0.764. The summed E-state index contributed by atoms with van der Waals surface area (Å²) in [6.45, 7) is 6.05. The van der Waals surface area contributed by atoms with Crippen molar-refractivity contribution in [2.75, 3.05) is 37.2 Å². The zero-order chi connectivity index (χ0) is 19.2.